The molecule has 0 heterocycles. The van der Waals surface area contributed by atoms with Crippen molar-refractivity contribution in [3.8, 4) is 11.5 Å². The van der Waals surface area contributed by atoms with Gasteiger partial charge in [-0.25, -0.2) is 24.0 Å². The van der Waals surface area contributed by atoms with Gasteiger partial charge in [-0.2, -0.15) is 13.2 Å². The van der Waals surface area contributed by atoms with Crippen LogP contribution in [0.2, 0.25) is 0 Å². The Labute approximate surface area is 466 Å². The smallest absolute Gasteiger partial charge is 0.416 e. The van der Waals surface area contributed by atoms with Crippen molar-refractivity contribution in [3.05, 3.63) is 166 Å². The first kappa shape index (κ1) is 70.7. The van der Waals surface area contributed by atoms with E-state index in [0.29, 0.717) is 26.4 Å². The van der Waals surface area contributed by atoms with Crippen molar-refractivity contribution in [1.82, 2.24) is 0 Å². The molecule has 5 N–H and O–H groups in total. The Morgan fingerprint density at radius 3 is 1.05 bits per heavy atom. The third-order valence-corrected chi connectivity index (χ3v) is 10.8. The van der Waals surface area contributed by atoms with Gasteiger partial charge in [-0.1, -0.05) is 103 Å². The van der Waals surface area contributed by atoms with Crippen LogP contribution in [-0.2, 0) is 85.9 Å². The Kier molecular flexibility index (Phi) is 39.3. The van der Waals surface area contributed by atoms with E-state index in [-0.39, 0.29) is 45.0 Å². The molecule has 5 aromatic rings. The number of rotatable bonds is 33. The molecule has 0 saturated heterocycles. The zero-order valence-corrected chi connectivity index (χ0v) is 45.7. The van der Waals surface area contributed by atoms with Gasteiger partial charge in [0.25, 0.3) is 0 Å². The fraction of sp³-hybridized carbons (Fsp3) is 0.417. The summed E-state index contributed by atoms with van der Waals surface area (Å²) in [6.45, 7) is 2.68. The standard InChI is InChI=1S/C13H18O4.C12H16O4.2C12H16O3.C11H11F3O3/c1-16-12-7-5-11(6-8-12)4-2-3-9-17-10-13(14)15;1-15-11-6-4-10(5-7-11)3-2-8-16-9-12(13)14;1-10-4-6-11(7-5-10)3-2-8-15-9-12(13)14;13-12(14)10-15-9-5-4-8-11-6-2-1-3-7-11;12-11(13,14)9-4-2-1-3-8(9)5-6-17-7-10(15)16/h5-8H,2-4,9-10H2,1H3,(H,14,15);4-7H,2-3,8-9H2,1H3,(H,13,14);4-7H,2-3,8-9H2,1H3,(H,13,14);1-3,6-7H,4-5,8-10H2,(H,13,14);1-4H,5-7H2,(H,15,16). The van der Waals surface area contributed by atoms with Gasteiger partial charge in [0.15, 0.2) is 0 Å². The summed E-state index contributed by atoms with van der Waals surface area (Å²) in [5.74, 6) is -3.11. The maximum Gasteiger partial charge on any atom is 0.416 e. The quantitative estimate of drug-likeness (QED) is 0.0245. The summed E-state index contributed by atoms with van der Waals surface area (Å²) < 4.78 is 72.2. The molecule has 20 heteroatoms. The molecule has 0 spiro atoms. The Bertz CT molecular complexity index is 2420. The zero-order valence-electron chi connectivity index (χ0n) is 45.7. The van der Waals surface area contributed by atoms with Gasteiger partial charge in [-0.15, -0.1) is 0 Å². The minimum atomic E-state index is -4.40. The van der Waals surface area contributed by atoms with Crippen molar-refractivity contribution in [2.75, 3.05) is 80.3 Å². The first-order valence-corrected chi connectivity index (χ1v) is 25.8. The van der Waals surface area contributed by atoms with Gasteiger partial charge in [-0.05, 0) is 136 Å². The van der Waals surface area contributed by atoms with Crippen LogP contribution in [0.1, 0.15) is 77.5 Å². The number of benzene rings is 5. The summed E-state index contributed by atoms with van der Waals surface area (Å²) in [7, 11) is 3.28. The van der Waals surface area contributed by atoms with Crippen molar-refractivity contribution in [2.45, 2.75) is 83.7 Å². The van der Waals surface area contributed by atoms with Gasteiger partial charge in [0.05, 0.1) is 26.4 Å². The second kappa shape index (κ2) is 44.5. The van der Waals surface area contributed by atoms with Gasteiger partial charge >= 0.3 is 36.0 Å². The molecule has 0 atom stereocenters. The lowest BCUT2D eigenvalue weighted by Gasteiger charge is -2.12. The number of unbranched alkanes of at least 4 members (excludes halogenated alkanes) is 2. The fourth-order valence-corrected chi connectivity index (χ4v) is 6.80. The number of hydrogen-bond acceptors (Lipinski definition) is 12. The number of ether oxygens (including phenoxy) is 7. The first-order chi connectivity index (χ1) is 38.3. The minimum absolute atomic E-state index is 0.0307. The highest BCUT2D eigenvalue weighted by Crippen LogP contribution is 2.32. The highest BCUT2D eigenvalue weighted by Gasteiger charge is 2.32. The van der Waals surface area contributed by atoms with E-state index in [9.17, 15) is 37.1 Å². The lowest BCUT2D eigenvalue weighted by Crippen LogP contribution is -2.13. The molecule has 0 aliphatic carbocycles. The average Bonchev–Trinajstić information content (AvgIpc) is 3.45. The number of carbonyl (C=O) groups is 5. The number of aryl methyl sites for hydroxylation is 5. The van der Waals surface area contributed by atoms with E-state index in [1.54, 1.807) is 14.2 Å². The number of alkyl halides is 3. The summed E-state index contributed by atoms with van der Waals surface area (Å²) in [5, 5.41) is 41.7. The molecule has 80 heavy (non-hydrogen) atoms. The second-order valence-electron chi connectivity index (χ2n) is 17.4. The zero-order chi connectivity index (χ0) is 59.2. The molecule has 440 valence electrons. The Morgan fingerprint density at radius 2 is 0.688 bits per heavy atom. The molecule has 5 rings (SSSR count). The Balaban J connectivity index is 0.000000500. The Morgan fingerprint density at radius 1 is 0.375 bits per heavy atom. The van der Waals surface area contributed by atoms with Crippen molar-refractivity contribution in [3.63, 3.8) is 0 Å². The average molecular weight is 1130 g/mol. The molecule has 0 bridgehead atoms. The maximum atomic E-state index is 12.6. The monoisotopic (exact) mass is 1130 g/mol. The molecular weight excluding hydrogens is 1050 g/mol. The largest absolute Gasteiger partial charge is 0.497 e. The van der Waals surface area contributed by atoms with Gasteiger partial charge in [0.1, 0.15) is 44.5 Å². The van der Waals surface area contributed by atoms with Crippen LogP contribution in [0.25, 0.3) is 0 Å². The van der Waals surface area contributed by atoms with Crippen LogP contribution in [-0.4, -0.2) is 136 Å². The van der Waals surface area contributed by atoms with E-state index in [1.807, 2.05) is 66.7 Å². The van der Waals surface area contributed by atoms with E-state index >= 15 is 0 Å². The van der Waals surface area contributed by atoms with Crippen molar-refractivity contribution < 1.29 is 95.8 Å². The van der Waals surface area contributed by atoms with E-state index in [2.05, 4.69) is 43.3 Å². The van der Waals surface area contributed by atoms with Gasteiger partial charge in [-0.3, -0.25) is 0 Å². The number of hydrogen-bond donors (Lipinski definition) is 5. The molecule has 0 aliphatic heterocycles. The number of carboxylic acid groups (broad SMARTS) is 5. The van der Waals surface area contributed by atoms with Crippen molar-refractivity contribution in [1.29, 1.82) is 0 Å². The fourth-order valence-electron chi connectivity index (χ4n) is 6.80. The van der Waals surface area contributed by atoms with Crippen LogP contribution < -0.4 is 9.47 Å². The molecule has 0 aliphatic rings. The highest BCUT2D eigenvalue weighted by molar-refractivity contribution is 5.69. The summed E-state index contributed by atoms with van der Waals surface area (Å²) in [6.07, 6.45) is 4.92. The summed E-state index contributed by atoms with van der Waals surface area (Å²) in [4.78, 5) is 50.7. The van der Waals surface area contributed by atoms with E-state index in [4.69, 9.17) is 58.7 Å². The summed E-state index contributed by atoms with van der Waals surface area (Å²) in [6, 6.07) is 39.5. The molecule has 5 aromatic carbocycles. The van der Waals surface area contributed by atoms with Crippen LogP contribution in [0.4, 0.5) is 13.2 Å². The van der Waals surface area contributed by atoms with Gasteiger partial charge in [0, 0.05) is 26.4 Å². The third-order valence-electron chi connectivity index (χ3n) is 10.8. The van der Waals surface area contributed by atoms with E-state index in [0.717, 1.165) is 81.8 Å². The van der Waals surface area contributed by atoms with Gasteiger partial charge < -0.3 is 58.7 Å². The normalized spacial score (nSPS) is 10.4. The van der Waals surface area contributed by atoms with Crippen LogP contribution in [0.5, 0.6) is 11.5 Å². The van der Waals surface area contributed by atoms with Crippen molar-refractivity contribution >= 4 is 29.8 Å². The molecule has 0 fully saturated rings. The second-order valence-corrected chi connectivity index (χ2v) is 17.4. The molecule has 0 unspecified atom stereocenters. The molecule has 0 saturated carbocycles. The number of carboxylic acids is 5. The topological polar surface area (TPSA) is 251 Å². The van der Waals surface area contributed by atoms with Crippen LogP contribution in [0, 0.1) is 6.92 Å². The number of methoxy groups -OCH3 is 2. The van der Waals surface area contributed by atoms with E-state index in [1.165, 1.54) is 46.0 Å². The predicted molar refractivity (Wildman–Crippen MR) is 294 cm³/mol. The first-order valence-electron chi connectivity index (χ1n) is 25.8. The lowest BCUT2D eigenvalue weighted by atomic mass is 10.0. The SMILES string of the molecule is COc1ccc(CCCCOCC(=O)O)cc1.COc1ccc(CCCOCC(=O)O)cc1.Cc1ccc(CCCOCC(=O)O)cc1.O=C(O)COCCCCc1ccccc1.O=C(O)COCCc1ccccc1C(F)(F)F. The lowest BCUT2D eigenvalue weighted by molar-refractivity contribution is -0.143. The van der Waals surface area contributed by atoms with Crippen LogP contribution in [0.3, 0.4) is 0 Å². The van der Waals surface area contributed by atoms with Crippen molar-refractivity contribution in [2.24, 2.45) is 0 Å². The molecule has 17 nitrogen and oxygen atoms in total. The minimum Gasteiger partial charge on any atom is -0.497 e. The Hall–Kier alpha value is -7.36. The van der Waals surface area contributed by atoms with Crippen LogP contribution >= 0.6 is 0 Å². The molecule has 0 amide bonds. The van der Waals surface area contributed by atoms with Crippen LogP contribution in [0.15, 0.2) is 127 Å². The highest BCUT2D eigenvalue weighted by atomic mass is 19.4. The predicted octanol–water partition coefficient (Wildman–Crippen LogP) is 10.3. The molecular formula is C60H77F3O17. The maximum absolute atomic E-state index is 12.6. The third kappa shape index (κ3) is 39.9. The molecule has 0 radical (unpaired) electrons. The van der Waals surface area contributed by atoms with Gasteiger partial charge in [0.2, 0.25) is 0 Å². The summed E-state index contributed by atoms with van der Waals surface area (Å²) in [5.41, 5.74) is 5.67. The number of aliphatic carboxylic acids is 5. The molecule has 0 aromatic heterocycles. The number of halogens is 3. The summed E-state index contributed by atoms with van der Waals surface area (Å²) >= 11 is 0. The van der Waals surface area contributed by atoms with E-state index < -0.39 is 48.2 Å².